The molecule has 1 aliphatic rings. The van der Waals surface area contributed by atoms with E-state index in [2.05, 4.69) is 17.2 Å². The summed E-state index contributed by atoms with van der Waals surface area (Å²) in [6.45, 7) is 0.323. The van der Waals surface area contributed by atoms with Crippen LogP contribution in [0.3, 0.4) is 0 Å². The van der Waals surface area contributed by atoms with Crippen molar-refractivity contribution in [3.8, 4) is 11.8 Å². The average Bonchev–Trinajstić information content (AvgIpc) is 2.88. The standard InChI is InChI=1S/C14H18N2O2S/c15-9-1-2-12-7-8-13(19-12)14(18)16-10-3-5-11(17)6-4-10/h7-8,10-11,17H,3-6,9,15H2,(H,16,18). The zero-order valence-electron chi connectivity index (χ0n) is 10.7. The predicted molar refractivity (Wildman–Crippen MR) is 76.0 cm³/mol. The van der Waals surface area contributed by atoms with Crippen molar-refractivity contribution in [1.29, 1.82) is 0 Å². The highest BCUT2D eigenvalue weighted by Crippen LogP contribution is 2.20. The molecule has 0 radical (unpaired) electrons. The maximum atomic E-state index is 12.0. The number of hydrogen-bond donors (Lipinski definition) is 3. The fourth-order valence-corrected chi connectivity index (χ4v) is 2.93. The summed E-state index contributed by atoms with van der Waals surface area (Å²) in [4.78, 5) is 13.6. The van der Waals surface area contributed by atoms with Crippen molar-refractivity contribution in [3.05, 3.63) is 21.9 Å². The number of nitrogens with one attached hydrogen (secondary N) is 1. The van der Waals surface area contributed by atoms with Gasteiger partial charge in [0.1, 0.15) is 0 Å². The molecule has 0 spiro atoms. The third-order valence-corrected chi connectivity index (χ3v) is 4.17. The minimum Gasteiger partial charge on any atom is -0.393 e. The smallest absolute Gasteiger partial charge is 0.261 e. The van der Waals surface area contributed by atoms with Gasteiger partial charge in [-0.2, -0.15) is 0 Å². The Morgan fingerprint density at radius 2 is 2.16 bits per heavy atom. The third kappa shape index (κ3) is 4.06. The zero-order valence-corrected chi connectivity index (χ0v) is 11.5. The molecule has 2 rings (SSSR count). The molecule has 0 aliphatic heterocycles. The van der Waals surface area contributed by atoms with E-state index in [-0.39, 0.29) is 18.1 Å². The predicted octanol–water partition coefficient (Wildman–Crippen LogP) is 1.09. The molecule has 0 aromatic carbocycles. The van der Waals surface area contributed by atoms with Crippen LogP contribution < -0.4 is 11.1 Å². The zero-order chi connectivity index (χ0) is 13.7. The molecule has 4 N–H and O–H groups in total. The fraction of sp³-hybridized carbons (Fsp3) is 0.500. The molecule has 4 nitrogen and oxygen atoms in total. The molecule has 1 aromatic rings. The highest BCUT2D eigenvalue weighted by Gasteiger charge is 2.21. The van der Waals surface area contributed by atoms with Crippen LogP contribution in [0.2, 0.25) is 0 Å². The van der Waals surface area contributed by atoms with Gasteiger partial charge in [-0.1, -0.05) is 11.8 Å². The Morgan fingerprint density at radius 1 is 1.42 bits per heavy atom. The van der Waals surface area contributed by atoms with Crippen LogP contribution in [0.4, 0.5) is 0 Å². The molecule has 0 bridgehead atoms. The molecule has 102 valence electrons. The maximum absolute atomic E-state index is 12.0. The Kier molecular flexibility index (Phi) is 4.97. The number of rotatable bonds is 2. The molecule has 5 heteroatoms. The molecule has 1 saturated carbocycles. The van der Waals surface area contributed by atoms with Gasteiger partial charge in [0.25, 0.3) is 5.91 Å². The summed E-state index contributed by atoms with van der Waals surface area (Å²) in [5.74, 6) is 5.64. The molecular formula is C14H18N2O2S. The van der Waals surface area contributed by atoms with Gasteiger partial charge in [-0.15, -0.1) is 11.3 Å². The minimum atomic E-state index is -0.201. The fourth-order valence-electron chi connectivity index (χ4n) is 2.14. The number of aliphatic hydroxyl groups is 1. The summed E-state index contributed by atoms with van der Waals surface area (Å²) in [5.41, 5.74) is 5.31. The van der Waals surface area contributed by atoms with E-state index in [1.54, 1.807) is 6.07 Å². The Bertz CT molecular complexity index is 493. The van der Waals surface area contributed by atoms with Gasteiger partial charge < -0.3 is 16.2 Å². The SMILES string of the molecule is NCC#Cc1ccc(C(=O)NC2CCC(O)CC2)s1. The van der Waals surface area contributed by atoms with Gasteiger partial charge in [-0.25, -0.2) is 0 Å². The van der Waals surface area contributed by atoms with Gasteiger partial charge in [0.15, 0.2) is 0 Å². The van der Waals surface area contributed by atoms with Gasteiger partial charge >= 0.3 is 0 Å². The number of nitrogens with two attached hydrogens (primary N) is 1. The Hall–Kier alpha value is -1.35. The van der Waals surface area contributed by atoms with Crippen molar-refractivity contribution < 1.29 is 9.90 Å². The average molecular weight is 278 g/mol. The molecule has 1 aromatic heterocycles. The number of thiophene rings is 1. The molecule has 1 fully saturated rings. The van der Waals surface area contributed by atoms with Crippen molar-refractivity contribution in [2.45, 2.75) is 37.8 Å². The van der Waals surface area contributed by atoms with E-state index in [9.17, 15) is 9.90 Å². The normalized spacial score (nSPS) is 22.4. The van der Waals surface area contributed by atoms with Gasteiger partial charge in [0.05, 0.1) is 22.4 Å². The van der Waals surface area contributed by atoms with Crippen LogP contribution in [0.5, 0.6) is 0 Å². The van der Waals surface area contributed by atoms with Gasteiger partial charge in [-0.05, 0) is 37.8 Å². The van der Waals surface area contributed by atoms with Crippen LogP contribution >= 0.6 is 11.3 Å². The lowest BCUT2D eigenvalue weighted by atomic mass is 9.93. The van der Waals surface area contributed by atoms with Crippen molar-refractivity contribution in [3.63, 3.8) is 0 Å². The first-order valence-corrected chi connectivity index (χ1v) is 7.28. The van der Waals surface area contributed by atoms with Crippen molar-refractivity contribution in [2.24, 2.45) is 5.73 Å². The van der Waals surface area contributed by atoms with E-state index in [1.807, 2.05) is 6.07 Å². The van der Waals surface area contributed by atoms with Crippen LogP contribution in [0.1, 0.15) is 40.2 Å². The summed E-state index contributed by atoms with van der Waals surface area (Å²) < 4.78 is 0. The number of hydrogen-bond acceptors (Lipinski definition) is 4. The molecule has 1 aliphatic carbocycles. The molecule has 1 amide bonds. The lowest BCUT2D eigenvalue weighted by molar-refractivity contribution is 0.0871. The van der Waals surface area contributed by atoms with E-state index >= 15 is 0 Å². The third-order valence-electron chi connectivity index (χ3n) is 3.18. The highest BCUT2D eigenvalue weighted by molar-refractivity contribution is 7.14. The number of carbonyl (C=O) groups is 1. The molecule has 0 atom stereocenters. The first kappa shape index (κ1) is 14.1. The van der Waals surface area contributed by atoms with E-state index in [4.69, 9.17) is 5.73 Å². The van der Waals surface area contributed by atoms with Crippen LogP contribution in [0, 0.1) is 11.8 Å². The van der Waals surface area contributed by atoms with Gasteiger partial charge in [0, 0.05) is 6.04 Å². The summed E-state index contributed by atoms with van der Waals surface area (Å²) in [6.07, 6.45) is 3.02. The molecule has 0 saturated heterocycles. The second-order valence-electron chi connectivity index (χ2n) is 4.65. The van der Waals surface area contributed by atoms with Crippen molar-refractivity contribution >= 4 is 17.2 Å². The molecular weight excluding hydrogens is 260 g/mol. The van der Waals surface area contributed by atoms with Crippen molar-refractivity contribution in [1.82, 2.24) is 5.32 Å². The highest BCUT2D eigenvalue weighted by atomic mass is 32.1. The molecule has 1 heterocycles. The summed E-state index contributed by atoms with van der Waals surface area (Å²) in [7, 11) is 0. The number of aliphatic hydroxyl groups excluding tert-OH is 1. The Morgan fingerprint density at radius 3 is 2.84 bits per heavy atom. The quantitative estimate of drug-likeness (QED) is 0.709. The van der Waals surface area contributed by atoms with Crippen LogP contribution in [-0.4, -0.2) is 29.7 Å². The van der Waals surface area contributed by atoms with E-state index < -0.39 is 0 Å². The van der Waals surface area contributed by atoms with E-state index in [0.29, 0.717) is 11.4 Å². The van der Waals surface area contributed by atoms with E-state index in [1.165, 1.54) is 11.3 Å². The first-order chi connectivity index (χ1) is 9.19. The lowest BCUT2D eigenvalue weighted by Crippen LogP contribution is -2.38. The largest absolute Gasteiger partial charge is 0.393 e. The summed E-state index contributed by atoms with van der Waals surface area (Å²) in [5, 5.41) is 12.4. The number of amides is 1. The molecule has 19 heavy (non-hydrogen) atoms. The lowest BCUT2D eigenvalue weighted by Gasteiger charge is -2.25. The van der Waals surface area contributed by atoms with Crippen molar-refractivity contribution in [2.75, 3.05) is 6.54 Å². The summed E-state index contributed by atoms with van der Waals surface area (Å²) in [6, 6.07) is 3.81. The van der Waals surface area contributed by atoms with Crippen LogP contribution in [0.25, 0.3) is 0 Å². The topological polar surface area (TPSA) is 75.4 Å². The number of carbonyl (C=O) groups excluding carboxylic acids is 1. The Labute approximate surface area is 117 Å². The van der Waals surface area contributed by atoms with Crippen LogP contribution in [0.15, 0.2) is 12.1 Å². The maximum Gasteiger partial charge on any atom is 0.261 e. The minimum absolute atomic E-state index is 0.0489. The van der Waals surface area contributed by atoms with Crippen LogP contribution in [-0.2, 0) is 0 Å². The Balaban J connectivity index is 1.91. The summed E-state index contributed by atoms with van der Waals surface area (Å²) >= 11 is 1.38. The second kappa shape index (κ2) is 6.71. The second-order valence-corrected chi connectivity index (χ2v) is 5.73. The van der Waals surface area contributed by atoms with E-state index in [0.717, 1.165) is 30.6 Å². The monoisotopic (exact) mass is 278 g/mol. The first-order valence-electron chi connectivity index (χ1n) is 6.46. The molecule has 0 unspecified atom stereocenters. The van der Waals surface area contributed by atoms with Gasteiger partial charge in [0.2, 0.25) is 0 Å². The van der Waals surface area contributed by atoms with Gasteiger partial charge in [-0.3, -0.25) is 4.79 Å².